The van der Waals surface area contributed by atoms with Gasteiger partial charge in [0.15, 0.2) is 0 Å². The number of benzene rings is 1. The zero-order chi connectivity index (χ0) is 38.1. The second kappa shape index (κ2) is 14.2. The first-order chi connectivity index (χ1) is 22.7. The molecule has 0 radical (unpaired) electrons. The summed E-state index contributed by atoms with van der Waals surface area (Å²) in [4.78, 5) is 87.7. The molecule has 14 nitrogen and oxygen atoms in total. The SMILES string of the molecule is CC[C@@H]1C[C@@H](C(=O)N(C(=O)OC(C)(C)C)c2ccc(C(=O)OC(C)(C)C)cc2)n2c1ncc(N(C(=O)OC(C)(C)C)C(=O)OC(C)(C)C)c2=O. The molecule has 0 N–H and O–H groups in total. The standard InChI is InChI=1S/C36H50N4O10/c1-14-21-19-24(27(41)38(30(44)48-34(5,6)7)23-17-15-22(16-18-23)29(43)47-33(2,3)4)39-26(21)37-20-25(28(39)42)40(31(45)49-35(8,9)10)32(46)50-36(11,12)13/h15-18,20-21,24H,14,19H2,1-13H3/t21-,24+/m1/s1. The number of amides is 4. The van der Waals surface area contributed by atoms with Crippen LogP contribution >= 0.6 is 0 Å². The van der Waals surface area contributed by atoms with E-state index in [0.717, 1.165) is 15.7 Å². The van der Waals surface area contributed by atoms with Crippen LogP contribution in [-0.2, 0) is 23.7 Å². The van der Waals surface area contributed by atoms with Gasteiger partial charge in [-0.05, 0) is 120 Å². The monoisotopic (exact) mass is 698 g/mol. The van der Waals surface area contributed by atoms with Crippen molar-refractivity contribution in [2.24, 2.45) is 0 Å². The van der Waals surface area contributed by atoms with E-state index in [2.05, 4.69) is 4.98 Å². The highest BCUT2D eigenvalue weighted by molar-refractivity contribution is 6.14. The lowest BCUT2D eigenvalue weighted by molar-refractivity contribution is -0.121. The molecular weight excluding hydrogens is 648 g/mol. The fourth-order valence-electron chi connectivity index (χ4n) is 5.02. The van der Waals surface area contributed by atoms with Crippen LogP contribution in [0, 0.1) is 0 Å². The van der Waals surface area contributed by atoms with Gasteiger partial charge in [-0.25, -0.2) is 29.1 Å². The van der Waals surface area contributed by atoms with Crippen LogP contribution in [0.2, 0.25) is 0 Å². The lowest BCUT2D eigenvalue weighted by Crippen LogP contribution is -2.48. The predicted octanol–water partition coefficient (Wildman–Crippen LogP) is 7.28. The Kier molecular flexibility index (Phi) is 11.3. The average Bonchev–Trinajstić information content (AvgIpc) is 3.30. The molecule has 1 aliphatic heterocycles. The molecule has 14 heteroatoms. The van der Waals surface area contributed by atoms with Gasteiger partial charge in [0.25, 0.3) is 11.5 Å². The van der Waals surface area contributed by atoms with Gasteiger partial charge in [-0.15, -0.1) is 0 Å². The van der Waals surface area contributed by atoms with Crippen LogP contribution in [0.5, 0.6) is 0 Å². The second-order valence-electron chi connectivity index (χ2n) is 16.0. The first-order valence-corrected chi connectivity index (χ1v) is 16.5. The number of carbonyl (C=O) groups is 5. The first-order valence-electron chi connectivity index (χ1n) is 16.5. The average molecular weight is 699 g/mol. The highest BCUT2D eigenvalue weighted by atomic mass is 16.6. The molecule has 0 spiro atoms. The number of aromatic nitrogens is 2. The fourth-order valence-corrected chi connectivity index (χ4v) is 5.02. The van der Waals surface area contributed by atoms with Crippen molar-refractivity contribution in [1.82, 2.24) is 9.55 Å². The summed E-state index contributed by atoms with van der Waals surface area (Å²) < 4.78 is 23.0. The van der Waals surface area contributed by atoms with Crippen LogP contribution in [0.4, 0.5) is 25.8 Å². The molecule has 2 atom stereocenters. The van der Waals surface area contributed by atoms with Crippen molar-refractivity contribution in [1.29, 1.82) is 0 Å². The molecule has 274 valence electrons. The van der Waals surface area contributed by atoms with Gasteiger partial charge < -0.3 is 18.9 Å². The van der Waals surface area contributed by atoms with Crippen LogP contribution in [0.25, 0.3) is 0 Å². The highest BCUT2D eigenvalue weighted by Crippen LogP contribution is 2.38. The second-order valence-corrected chi connectivity index (χ2v) is 16.0. The number of rotatable bonds is 5. The van der Waals surface area contributed by atoms with E-state index in [4.69, 9.17) is 18.9 Å². The maximum absolute atomic E-state index is 14.5. The van der Waals surface area contributed by atoms with E-state index < -0.39 is 75.8 Å². The minimum absolute atomic E-state index is 0.0688. The van der Waals surface area contributed by atoms with Crippen LogP contribution < -0.4 is 15.4 Å². The van der Waals surface area contributed by atoms with E-state index in [-0.39, 0.29) is 23.5 Å². The van der Waals surface area contributed by atoms with Crippen molar-refractivity contribution in [3.05, 3.63) is 52.2 Å². The molecule has 1 aromatic heterocycles. The highest BCUT2D eigenvalue weighted by Gasteiger charge is 2.44. The Labute approximate surface area is 293 Å². The molecule has 0 fully saturated rings. The minimum atomic E-state index is -1.30. The Hall–Kier alpha value is -4.75. The van der Waals surface area contributed by atoms with E-state index in [0.29, 0.717) is 11.3 Å². The van der Waals surface area contributed by atoms with Gasteiger partial charge in [0.05, 0.1) is 17.4 Å². The molecule has 0 unspecified atom stereocenters. The minimum Gasteiger partial charge on any atom is -0.456 e. The molecule has 3 rings (SSSR count). The van der Waals surface area contributed by atoms with E-state index >= 15 is 0 Å². The molecule has 0 saturated heterocycles. The van der Waals surface area contributed by atoms with Gasteiger partial charge >= 0.3 is 24.2 Å². The Bertz CT molecular complexity index is 1660. The predicted molar refractivity (Wildman–Crippen MR) is 185 cm³/mol. The lowest BCUT2D eigenvalue weighted by atomic mass is 10.0. The van der Waals surface area contributed by atoms with Crippen molar-refractivity contribution in [2.75, 3.05) is 9.80 Å². The summed E-state index contributed by atoms with van der Waals surface area (Å²) in [6.45, 7) is 21.5. The summed E-state index contributed by atoms with van der Waals surface area (Å²) in [5, 5.41) is 0. The van der Waals surface area contributed by atoms with E-state index in [1.54, 1.807) is 83.1 Å². The third-order valence-electron chi connectivity index (χ3n) is 6.92. The summed E-state index contributed by atoms with van der Waals surface area (Å²) in [5.41, 5.74) is -4.98. The molecule has 1 aliphatic rings. The summed E-state index contributed by atoms with van der Waals surface area (Å²) in [6, 6.07) is 4.33. The maximum atomic E-state index is 14.5. The number of ether oxygens (including phenoxy) is 4. The summed E-state index contributed by atoms with van der Waals surface area (Å²) in [5.74, 6) is -1.59. The van der Waals surface area contributed by atoms with Gasteiger partial charge in [-0.1, -0.05) is 6.92 Å². The first kappa shape index (κ1) is 39.7. The van der Waals surface area contributed by atoms with Crippen LogP contribution in [0.3, 0.4) is 0 Å². The normalized spacial score (nSPS) is 16.2. The fraction of sp³-hybridized carbons (Fsp3) is 0.583. The van der Waals surface area contributed by atoms with Gasteiger partial charge in [-0.3, -0.25) is 14.2 Å². The summed E-state index contributed by atoms with van der Waals surface area (Å²) >= 11 is 0. The smallest absolute Gasteiger partial charge is 0.424 e. The zero-order valence-corrected chi connectivity index (χ0v) is 31.3. The largest absolute Gasteiger partial charge is 0.456 e. The van der Waals surface area contributed by atoms with Crippen molar-refractivity contribution >= 4 is 41.5 Å². The van der Waals surface area contributed by atoms with Crippen LogP contribution in [0.15, 0.2) is 35.3 Å². The Morgan fingerprint density at radius 1 is 0.720 bits per heavy atom. The Morgan fingerprint density at radius 3 is 1.58 bits per heavy atom. The summed E-state index contributed by atoms with van der Waals surface area (Å²) in [7, 11) is 0. The number of fused-ring (bicyclic) bond motifs is 1. The number of hydrogen-bond donors (Lipinski definition) is 0. The topological polar surface area (TPSA) is 164 Å². The van der Waals surface area contributed by atoms with Gasteiger partial charge in [0.2, 0.25) is 0 Å². The Balaban J connectivity index is 2.19. The van der Waals surface area contributed by atoms with Gasteiger partial charge in [-0.2, -0.15) is 4.90 Å². The molecule has 2 heterocycles. The third kappa shape index (κ3) is 9.91. The third-order valence-corrected chi connectivity index (χ3v) is 6.92. The number of imide groups is 2. The molecule has 2 aromatic rings. The van der Waals surface area contributed by atoms with Crippen LogP contribution in [0.1, 0.15) is 131 Å². The zero-order valence-electron chi connectivity index (χ0n) is 31.3. The molecule has 50 heavy (non-hydrogen) atoms. The van der Waals surface area contributed by atoms with Crippen molar-refractivity contribution in [2.45, 2.75) is 137 Å². The molecule has 0 bridgehead atoms. The molecule has 1 aromatic carbocycles. The van der Waals surface area contributed by atoms with E-state index in [9.17, 15) is 28.8 Å². The Morgan fingerprint density at radius 2 is 1.16 bits per heavy atom. The number of nitrogens with zero attached hydrogens (tertiary/aromatic N) is 4. The molecule has 0 saturated carbocycles. The molecule has 0 aliphatic carbocycles. The van der Waals surface area contributed by atoms with Gasteiger partial charge in [0, 0.05) is 5.92 Å². The van der Waals surface area contributed by atoms with Gasteiger partial charge in [0.1, 0.15) is 40.0 Å². The number of hydrogen-bond acceptors (Lipinski definition) is 11. The number of anilines is 2. The molecule has 4 amide bonds. The van der Waals surface area contributed by atoms with E-state index in [1.807, 2.05) is 6.92 Å². The quantitative estimate of drug-likeness (QED) is 0.228. The van der Waals surface area contributed by atoms with Crippen molar-refractivity contribution < 1.29 is 42.9 Å². The maximum Gasteiger partial charge on any atom is 0.424 e. The van der Waals surface area contributed by atoms with Crippen molar-refractivity contribution in [3.8, 4) is 0 Å². The number of esters is 1. The van der Waals surface area contributed by atoms with Crippen molar-refractivity contribution in [3.63, 3.8) is 0 Å². The molecular formula is C36H50N4O10. The summed E-state index contributed by atoms with van der Waals surface area (Å²) in [6.07, 6.45) is -1.74. The lowest BCUT2D eigenvalue weighted by Gasteiger charge is -2.29. The van der Waals surface area contributed by atoms with E-state index in [1.165, 1.54) is 24.3 Å². The van der Waals surface area contributed by atoms with Crippen LogP contribution in [-0.4, -0.2) is 62.1 Å². The number of carbonyl (C=O) groups excluding carboxylic acids is 5.